The molecule has 0 bridgehead atoms. The Morgan fingerprint density at radius 2 is 1.75 bits per heavy atom. The summed E-state index contributed by atoms with van der Waals surface area (Å²) in [5, 5.41) is 21.4. The zero-order valence-corrected chi connectivity index (χ0v) is 9.39. The van der Waals surface area contributed by atoms with Crippen molar-refractivity contribution in [1.82, 2.24) is 5.32 Å². The summed E-state index contributed by atoms with van der Waals surface area (Å²) in [6.45, 7) is 1.95. The maximum absolute atomic E-state index is 9.14. The van der Waals surface area contributed by atoms with Crippen LogP contribution in [0.15, 0.2) is 24.3 Å². The van der Waals surface area contributed by atoms with E-state index in [1.54, 1.807) is 0 Å². The molecule has 88 valence electrons. The first-order valence-electron chi connectivity index (χ1n) is 5.85. The van der Waals surface area contributed by atoms with Gasteiger partial charge in [-0.25, -0.2) is 0 Å². The van der Waals surface area contributed by atoms with Gasteiger partial charge >= 0.3 is 0 Å². The minimum absolute atomic E-state index is 0.0596. The van der Waals surface area contributed by atoms with E-state index in [2.05, 4.69) is 5.32 Å². The highest BCUT2D eigenvalue weighted by Gasteiger charge is 2.26. The largest absolute Gasteiger partial charge is 0.393 e. The normalized spacial score (nSPS) is 24.1. The molecule has 2 rings (SSSR count). The fourth-order valence-corrected chi connectivity index (χ4v) is 2.05. The quantitative estimate of drug-likeness (QED) is 0.696. The van der Waals surface area contributed by atoms with Crippen LogP contribution >= 0.6 is 0 Å². The minimum atomic E-state index is -0.0596. The van der Waals surface area contributed by atoms with Crippen LogP contribution in [-0.2, 0) is 13.2 Å². The van der Waals surface area contributed by atoms with Crippen molar-refractivity contribution >= 4 is 0 Å². The summed E-state index contributed by atoms with van der Waals surface area (Å²) in [5.74, 6) is 0.645. The van der Waals surface area contributed by atoms with Gasteiger partial charge in [0.05, 0.1) is 12.7 Å². The van der Waals surface area contributed by atoms with Crippen molar-refractivity contribution in [2.75, 3.05) is 6.54 Å². The van der Waals surface area contributed by atoms with Crippen molar-refractivity contribution in [3.63, 3.8) is 0 Å². The SMILES string of the molecule is OCc1ccc(CNCC2CC(O)C2)cc1. The molecular weight excluding hydrogens is 202 g/mol. The number of hydrogen-bond donors (Lipinski definition) is 3. The highest BCUT2D eigenvalue weighted by atomic mass is 16.3. The third-order valence-corrected chi connectivity index (χ3v) is 3.18. The molecular formula is C13H19NO2. The Labute approximate surface area is 96.1 Å². The molecule has 0 saturated heterocycles. The Hall–Kier alpha value is -0.900. The zero-order valence-electron chi connectivity index (χ0n) is 9.39. The first-order valence-corrected chi connectivity index (χ1v) is 5.85. The molecule has 1 aromatic carbocycles. The number of aliphatic hydroxyl groups excluding tert-OH is 2. The summed E-state index contributed by atoms with van der Waals surface area (Å²) >= 11 is 0. The molecule has 0 radical (unpaired) electrons. The molecule has 1 saturated carbocycles. The van der Waals surface area contributed by atoms with E-state index >= 15 is 0 Å². The van der Waals surface area contributed by atoms with Gasteiger partial charge in [-0.15, -0.1) is 0 Å². The van der Waals surface area contributed by atoms with Crippen LogP contribution in [0.25, 0.3) is 0 Å². The predicted octanol–water partition coefficient (Wildman–Crippen LogP) is 1.04. The van der Waals surface area contributed by atoms with E-state index in [-0.39, 0.29) is 12.7 Å². The highest BCUT2D eigenvalue weighted by Crippen LogP contribution is 2.26. The lowest BCUT2D eigenvalue weighted by Gasteiger charge is -2.31. The topological polar surface area (TPSA) is 52.5 Å². The van der Waals surface area contributed by atoms with Gasteiger partial charge in [-0.05, 0) is 36.4 Å². The molecule has 0 amide bonds. The van der Waals surface area contributed by atoms with Gasteiger partial charge in [0, 0.05) is 6.54 Å². The summed E-state index contributed by atoms with van der Waals surface area (Å²) in [6, 6.07) is 7.97. The molecule has 1 aliphatic rings. The Kier molecular flexibility index (Phi) is 3.93. The van der Waals surface area contributed by atoms with E-state index in [0.29, 0.717) is 5.92 Å². The van der Waals surface area contributed by atoms with Crippen molar-refractivity contribution in [3.8, 4) is 0 Å². The van der Waals surface area contributed by atoms with Crippen LogP contribution in [0.3, 0.4) is 0 Å². The van der Waals surface area contributed by atoms with E-state index in [1.165, 1.54) is 5.56 Å². The average molecular weight is 221 g/mol. The lowest BCUT2D eigenvalue weighted by molar-refractivity contribution is 0.0430. The van der Waals surface area contributed by atoms with Crippen molar-refractivity contribution in [2.24, 2.45) is 5.92 Å². The van der Waals surface area contributed by atoms with Gasteiger partial charge in [0.2, 0.25) is 0 Å². The monoisotopic (exact) mass is 221 g/mol. The lowest BCUT2D eigenvalue weighted by Crippen LogP contribution is -2.35. The second-order valence-electron chi connectivity index (χ2n) is 4.60. The molecule has 0 heterocycles. The first-order chi connectivity index (χ1) is 7.78. The van der Waals surface area contributed by atoms with Crippen molar-refractivity contribution < 1.29 is 10.2 Å². The van der Waals surface area contributed by atoms with Crippen LogP contribution in [0.1, 0.15) is 24.0 Å². The highest BCUT2D eigenvalue weighted by molar-refractivity contribution is 5.21. The molecule has 0 aliphatic heterocycles. The van der Waals surface area contributed by atoms with Crippen LogP contribution in [0.5, 0.6) is 0 Å². The standard InChI is InChI=1S/C13H19NO2/c15-9-11-3-1-10(2-4-11)7-14-8-12-5-13(16)6-12/h1-4,12-16H,5-9H2. The lowest BCUT2D eigenvalue weighted by atomic mass is 9.82. The maximum Gasteiger partial charge on any atom is 0.0681 e. The Morgan fingerprint density at radius 3 is 2.31 bits per heavy atom. The van der Waals surface area contributed by atoms with Gasteiger partial charge in [-0.1, -0.05) is 24.3 Å². The molecule has 3 heteroatoms. The third kappa shape index (κ3) is 3.04. The summed E-state index contributed by atoms with van der Waals surface area (Å²) in [7, 11) is 0. The molecule has 1 fully saturated rings. The van der Waals surface area contributed by atoms with Gasteiger partial charge in [0.25, 0.3) is 0 Å². The number of hydrogen-bond acceptors (Lipinski definition) is 3. The average Bonchev–Trinajstić information content (AvgIpc) is 2.27. The molecule has 16 heavy (non-hydrogen) atoms. The summed E-state index contributed by atoms with van der Waals surface area (Å²) < 4.78 is 0. The summed E-state index contributed by atoms with van der Waals surface area (Å²) in [6.07, 6.45) is 1.82. The second-order valence-corrected chi connectivity index (χ2v) is 4.60. The van der Waals surface area contributed by atoms with Crippen LogP contribution in [0.4, 0.5) is 0 Å². The van der Waals surface area contributed by atoms with Gasteiger partial charge < -0.3 is 15.5 Å². The molecule has 0 spiro atoms. The predicted molar refractivity (Wildman–Crippen MR) is 62.8 cm³/mol. The number of aliphatic hydroxyl groups is 2. The van der Waals surface area contributed by atoms with Crippen molar-refractivity contribution in [3.05, 3.63) is 35.4 Å². The van der Waals surface area contributed by atoms with E-state index in [0.717, 1.165) is 31.5 Å². The number of rotatable bonds is 5. The third-order valence-electron chi connectivity index (χ3n) is 3.18. The van der Waals surface area contributed by atoms with E-state index in [9.17, 15) is 0 Å². The van der Waals surface area contributed by atoms with Crippen LogP contribution in [-0.4, -0.2) is 22.9 Å². The molecule has 0 unspecified atom stereocenters. The smallest absolute Gasteiger partial charge is 0.0681 e. The second kappa shape index (κ2) is 5.43. The number of benzene rings is 1. The molecule has 1 aliphatic carbocycles. The van der Waals surface area contributed by atoms with Crippen LogP contribution < -0.4 is 5.32 Å². The first kappa shape index (κ1) is 11.6. The summed E-state index contributed by atoms with van der Waals surface area (Å²) in [4.78, 5) is 0. The Morgan fingerprint density at radius 1 is 1.12 bits per heavy atom. The van der Waals surface area contributed by atoms with Crippen molar-refractivity contribution in [2.45, 2.75) is 32.1 Å². The molecule has 0 atom stereocenters. The maximum atomic E-state index is 9.14. The fourth-order valence-electron chi connectivity index (χ4n) is 2.05. The fraction of sp³-hybridized carbons (Fsp3) is 0.538. The summed E-state index contributed by atoms with van der Waals surface area (Å²) in [5.41, 5.74) is 2.18. The minimum Gasteiger partial charge on any atom is -0.393 e. The Bertz CT molecular complexity index is 317. The van der Waals surface area contributed by atoms with E-state index < -0.39 is 0 Å². The van der Waals surface area contributed by atoms with Gasteiger partial charge in [0.1, 0.15) is 0 Å². The van der Waals surface area contributed by atoms with Crippen molar-refractivity contribution in [1.29, 1.82) is 0 Å². The van der Waals surface area contributed by atoms with Gasteiger partial charge in [0.15, 0.2) is 0 Å². The Balaban J connectivity index is 1.68. The zero-order chi connectivity index (χ0) is 11.4. The van der Waals surface area contributed by atoms with Crippen LogP contribution in [0.2, 0.25) is 0 Å². The number of nitrogens with one attached hydrogen (secondary N) is 1. The molecule has 3 N–H and O–H groups in total. The van der Waals surface area contributed by atoms with Gasteiger partial charge in [-0.3, -0.25) is 0 Å². The van der Waals surface area contributed by atoms with Crippen LogP contribution in [0, 0.1) is 5.92 Å². The van der Waals surface area contributed by atoms with E-state index in [4.69, 9.17) is 10.2 Å². The molecule has 0 aromatic heterocycles. The van der Waals surface area contributed by atoms with Gasteiger partial charge in [-0.2, -0.15) is 0 Å². The molecule has 3 nitrogen and oxygen atoms in total. The molecule has 1 aromatic rings. The van der Waals surface area contributed by atoms with E-state index in [1.807, 2.05) is 24.3 Å².